The van der Waals surface area contributed by atoms with Crippen molar-refractivity contribution in [2.45, 2.75) is 26.9 Å². The van der Waals surface area contributed by atoms with E-state index < -0.39 is 18.0 Å². The molecule has 174 valence electrons. The largest absolute Gasteiger partial charge is 0.495 e. The van der Waals surface area contributed by atoms with Crippen molar-refractivity contribution < 1.29 is 19.1 Å². The van der Waals surface area contributed by atoms with Crippen molar-refractivity contribution >= 4 is 40.2 Å². The normalized spacial score (nSPS) is 11.8. The number of H-pyrrole nitrogens is 1. The van der Waals surface area contributed by atoms with Gasteiger partial charge in [-0.25, -0.2) is 9.78 Å². The second-order valence-electron chi connectivity index (χ2n) is 8.02. The van der Waals surface area contributed by atoms with E-state index in [2.05, 4.69) is 15.3 Å². The summed E-state index contributed by atoms with van der Waals surface area (Å²) in [5.74, 6) is 0.0185. The van der Waals surface area contributed by atoms with E-state index in [0.29, 0.717) is 33.4 Å². The van der Waals surface area contributed by atoms with E-state index in [1.54, 1.807) is 30.3 Å². The van der Waals surface area contributed by atoms with Crippen LogP contribution in [0.15, 0.2) is 54.6 Å². The van der Waals surface area contributed by atoms with Gasteiger partial charge in [-0.05, 0) is 50.6 Å². The van der Waals surface area contributed by atoms with Gasteiger partial charge < -0.3 is 19.8 Å². The van der Waals surface area contributed by atoms with Gasteiger partial charge in [-0.15, -0.1) is 0 Å². The maximum atomic E-state index is 12.7. The van der Waals surface area contributed by atoms with Gasteiger partial charge >= 0.3 is 5.97 Å². The summed E-state index contributed by atoms with van der Waals surface area (Å²) in [5, 5.41) is 3.25. The highest BCUT2D eigenvalue weighted by atomic mass is 35.5. The zero-order valence-electron chi connectivity index (χ0n) is 19.2. The number of carbonyl (C=O) groups is 2. The molecule has 34 heavy (non-hydrogen) atoms. The van der Waals surface area contributed by atoms with Crippen molar-refractivity contribution in [3.63, 3.8) is 0 Å². The van der Waals surface area contributed by atoms with Crippen molar-refractivity contribution in [1.82, 2.24) is 9.97 Å². The van der Waals surface area contributed by atoms with Crippen LogP contribution in [-0.4, -0.2) is 35.1 Å². The lowest BCUT2D eigenvalue weighted by Gasteiger charge is -2.16. The molecule has 0 saturated carbocycles. The number of carbonyl (C=O) groups excluding carboxylic acids is 2. The van der Waals surface area contributed by atoms with Crippen LogP contribution in [0.4, 0.5) is 5.69 Å². The Hall–Kier alpha value is -3.84. The number of imidazole rings is 1. The first-order valence-corrected chi connectivity index (χ1v) is 11.1. The van der Waals surface area contributed by atoms with Gasteiger partial charge in [0.05, 0.1) is 29.4 Å². The van der Waals surface area contributed by atoms with Gasteiger partial charge in [-0.2, -0.15) is 0 Å². The van der Waals surface area contributed by atoms with Gasteiger partial charge in [0.2, 0.25) is 0 Å². The second kappa shape index (κ2) is 9.57. The number of aryl methyl sites for hydroxylation is 2. The Morgan fingerprint density at radius 1 is 1.06 bits per heavy atom. The van der Waals surface area contributed by atoms with E-state index in [1.165, 1.54) is 14.0 Å². The van der Waals surface area contributed by atoms with Crippen LogP contribution in [0.25, 0.3) is 22.4 Å². The number of hydrogen-bond acceptors (Lipinski definition) is 5. The zero-order chi connectivity index (χ0) is 24.4. The molecule has 0 aliphatic rings. The van der Waals surface area contributed by atoms with Crippen molar-refractivity contribution in [2.75, 3.05) is 12.4 Å². The SMILES string of the molecule is COc1cc(Cl)c(C)cc1NC(=O)C(C)OC(=O)c1ccc2nc(-c3ccc(C)cc3)[nH]c2c1. The van der Waals surface area contributed by atoms with Crippen LogP contribution in [0.5, 0.6) is 5.75 Å². The van der Waals surface area contributed by atoms with Crippen molar-refractivity contribution in [2.24, 2.45) is 0 Å². The fraction of sp³-hybridized carbons (Fsp3) is 0.192. The fourth-order valence-corrected chi connectivity index (χ4v) is 3.58. The van der Waals surface area contributed by atoms with Crippen molar-refractivity contribution in [3.05, 3.63) is 76.3 Å². The van der Waals surface area contributed by atoms with Gasteiger partial charge in [0, 0.05) is 16.7 Å². The average molecular weight is 478 g/mol. The third-order valence-electron chi connectivity index (χ3n) is 5.43. The van der Waals surface area contributed by atoms with E-state index in [9.17, 15) is 9.59 Å². The Morgan fingerprint density at radius 2 is 1.79 bits per heavy atom. The number of nitrogens with one attached hydrogen (secondary N) is 2. The first-order valence-electron chi connectivity index (χ1n) is 10.7. The van der Waals surface area contributed by atoms with Gasteiger partial charge in [-0.1, -0.05) is 41.4 Å². The number of aromatic amines is 1. The molecule has 3 aromatic carbocycles. The molecule has 0 aliphatic heterocycles. The number of methoxy groups -OCH3 is 1. The Balaban J connectivity index is 1.47. The van der Waals surface area contributed by atoms with Gasteiger partial charge in [0.25, 0.3) is 5.91 Å². The Labute approximate surface area is 202 Å². The van der Waals surface area contributed by atoms with E-state index in [1.807, 2.05) is 38.1 Å². The summed E-state index contributed by atoms with van der Waals surface area (Å²) >= 11 is 6.12. The maximum Gasteiger partial charge on any atom is 0.338 e. The summed E-state index contributed by atoms with van der Waals surface area (Å²) < 4.78 is 10.7. The number of halogens is 1. The summed E-state index contributed by atoms with van der Waals surface area (Å²) in [4.78, 5) is 33.2. The number of amides is 1. The standard InChI is InChI=1S/C26H24ClN3O4/c1-14-5-7-17(8-6-14)24-28-20-10-9-18(12-21(20)29-24)26(32)34-16(3)25(31)30-22-11-15(2)19(27)13-23(22)33-4/h5-13,16H,1-4H3,(H,28,29)(H,30,31). The molecule has 2 N–H and O–H groups in total. The highest BCUT2D eigenvalue weighted by Crippen LogP contribution is 2.31. The van der Waals surface area contributed by atoms with Crippen molar-refractivity contribution in [1.29, 1.82) is 0 Å². The Morgan fingerprint density at radius 3 is 2.50 bits per heavy atom. The molecular weight excluding hydrogens is 454 g/mol. The predicted octanol–water partition coefficient (Wildman–Crippen LogP) is 5.69. The quantitative estimate of drug-likeness (QED) is 0.348. The molecule has 1 heterocycles. The van der Waals surface area contributed by atoms with Crippen LogP contribution in [0, 0.1) is 13.8 Å². The molecule has 0 spiro atoms. The smallest absolute Gasteiger partial charge is 0.338 e. The first-order chi connectivity index (χ1) is 16.2. The number of benzene rings is 3. The summed E-state index contributed by atoms with van der Waals surface area (Å²) in [6.45, 7) is 5.35. The monoisotopic (exact) mass is 477 g/mol. The molecular formula is C26H24ClN3O4. The number of nitrogens with zero attached hydrogens (tertiary/aromatic N) is 1. The lowest BCUT2D eigenvalue weighted by molar-refractivity contribution is -0.123. The summed E-state index contributed by atoms with van der Waals surface area (Å²) in [6, 6.07) is 16.3. The molecule has 1 aromatic heterocycles. The second-order valence-corrected chi connectivity index (χ2v) is 8.43. The first kappa shape index (κ1) is 23.3. The van der Waals surface area contributed by atoms with Crippen LogP contribution >= 0.6 is 11.6 Å². The molecule has 0 saturated heterocycles. The van der Waals surface area contributed by atoms with Crippen LogP contribution in [-0.2, 0) is 9.53 Å². The highest BCUT2D eigenvalue weighted by molar-refractivity contribution is 6.31. The summed E-state index contributed by atoms with van der Waals surface area (Å²) in [5.41, 5.74) is 5.06. The van der Waals surface area contributed by atoms with Crippen molar-refractivity contribution in [3.8, 4) is 17.1 Å². The van der Waals surface area contributed by atoms with Crippen LogP contribution in [0.1, 0.15) is 28.4 Å². The lowest BCUT2D eigenvalue weighted by atomic mass is 10.1. The third kappa shape index (κ3) is 4.89. The molecule has 0 fully saturated rings. The number of aromatic nitrogens is 2. The minimum absolute atomic E-state index is 0.311. The molecule has 4 rings (SSSR count). The zero-order valence-corrected chi connectivity index (χ0v) is 20.0. The van der Waals surface area contributed by atoms with Crippen LogP contribution in [0.3, 0.4) is 0 Å². The Bertz CT molecular complexity index is 1380. The molecule has 1 amide bonds. The Kier molecular flexibility index (Phi) is 6.56. The van der Waals surface area contributed by atoms with E-state index in [4.69, 9.17) is 21.1 Å². The number of ether oxygens (including phenoxy) is 2. The maximum absolute atomic E-state index is 12.7. The average Bonchev–Trinajstić information content (AvgIpc) is 3.25. The lowest BCUT2D eigenvalue weighted by Crippen LogP contribution is -2.30. The summed E-state index contributed by atoms with van der Waals surface area (Å²) in [6.07, 6.45) is -1.03. The van der Waals surface area contributed by atoms with Crippen LogP contribution in [0.2, 0.25) is 5.02 Å². The molecule has 8 heteroatoms. The van der Waals surface area contributed by atoms with E-state index >= 15 is 0 Å². The molecule has 0 aliphatic carbocycles. The molecule has 0 bridgehead atoms. The number of anilines is 1. The fourth-order valence-electron chi connectivity index (χ4n) is 3.43. The highest BCUT2D eigenvalue weighted by Gasteiger charge is 2.21. The van der Waals surface area contributed by atoms with Crippen LogP contribution < -0.4 is 10.1 Å². The number of hydrogen-bond donors (Lipinski definition) is 2. The van der Waals surface area contributed by atoms with Gasteiger partial charge in [0.15, 0.2) is 6.10 Å². The molecule has 7 nitrogen and oxygen atoms in total. The summed E-state index contributed by atoms with van der Waals surface area (Å²) in [7, 11) is 1.48. The minimum atomic E-state index is -1.03. The molecule has 0 radical (unpaired) electrons. The van der Waals surface area contributed by atoms with E-state index in [-0.39, 0.29) is 0 Å². The number of rotatable bonds is 6. The van der Waals surface area contributed by atoms with Gasteiger partial charge in [0.1, 0.15) is 11.6 Å². The number of fused-ring (bicyclic) bond motifs is 1. The minimum Gasteiger partial charge on any atom is -0.495 e. The van der Waals surface area contributed by atoms with E-state index in [0.717, 1.165) is 22.2 Å². The number of esters is 1. The predicted molar refractivity (Wildman–Crippen MR) is 133 cm³/mol. The molecule has 1 atom stereocenters. The van der Waals surface area contributed by atoms with Gasteiger partial charge in [-0.3, -0.25) is 4.79 Å². The molecule has 1 unspecified atom stereocenters. The topological polar surface area (TPSA) is 93.3 Å². The molecule has 4 aromatic rings. The third-order valence-corrected chi connectivity index (χ3v) is 5.84.